The van der Waals surface area contributed by atoms with Crippen LogP contribution < -0.4 is 5.32 Å². The monoisotopic (exact) mass is 325 g/mol. The van der Waals surface area contributed by atoms with Crippen molar-refractivity contribution < 1.29 is 4.79 Å². The molecule has 0 saturated carbocycles. The molecule has 0 atom stereocenters. The fraction of sp³-hybridized carbons (Fsp3) is 0.222. The number of rotatable bonds is 5. The minimum Gasteiger partial charge on any atom is -0.325 e. The lowest BCUT2D eigenvalue weighted by Gasteiger charge is -2.07. The quantitative estimate of drug-likeness (QED) is 0.719. The number of fused-ring (bicyclic) bond motifs is 1. The molecule has 1 amide bonds. The molecule has 5 heteroatoms. The summed E-state index contributed by atoms with van der Waals surface area (Å²) < 4.78 is 2.14. The highest BCUT2D eigenvalue weighted by Crippen LogP contribution is 2.24. The van der Waals surface area contributed by atoms with E-state index in [2.05, 4.69) is 27.9 Å². The van der Waals surface area contributed by atoms with Crippen LogP contribution >= 0.6 is 11.8 Å². The fourth-order valence-electron chi connectivity index (χ4n) is 2.52. The summed E-state index contributed by atoms with van der Waals surface area (Å²) in [7, 11) is 0. The molecule has 23 heavy (non-hydrogen) atoms. The van der Waals surface area contributed by atoms with Crippen LogP contribution in [-0.4, -0.2) is 21.2 Å². The summed E-state index contributed by atoms with van der Waals surface area (Å²) >= 11 is 1.47. The number of aromatic nitrogens is 2. The van der Waals surface area contributed by atoms with Gasteiger partial charge in [-0.3, -0.25) is 4.79 Å². The van der Waals surface area contributed by atoms with E-state index in [9.17, 15) is 4.79 Å². The maximum Gasteiger partial charge on any atom is 0.234 e. The fourth-order valence-corrected chi connectivity index (χ4v) is 3.40. The minimum absolute atomic E-state index is 0.0182. The van der Waals surface area contributed by atoms with Gasteiger partial charge in [-0.05, 0) is 43.7 Å². The van der Waals surface area contributed by atoms with E-state index in [4.69, 9.17) is 0 Å². The van der Waals surface area contributed by atoms with Gasteiger partial charge in [0.05, 0.1) is 16.8 Å². The van der Waals surface area contributed by atoms with Gasteiger partial charge in [0, 0.05) is 12.2 Å². The van der Waals surface area contributed by atoms with Crippen molar-refractivity contribution in [2.75, 3.05) is 11.1 Å². The standard InChI is InChI=1S/C18H19N3OS/c1-3-21-16-10-5-4-9-15(16)20-18(21)23-12-17(22)19-14-8-6-7-13(2)11-14/h4-11H,3,12H2,1-2H3,(H,19,22). The van der Waals surface area contributed by atoms with E-state index in [-0.39, 0.29) is 5.91 Å². The molecule has 0 aliphatic heterocycles. The van der Waals surface area contributed by atoms with Crippen LogP contribution in [-0.2, 0) is 11.3 Å². The van der Waals surface area contributed by atoms with E-state index in [0.29, 0.717) is 5.75 Å². The zero-order valence-electron chi connectivity index (χ0n) is 13.2. The summed E-state index contributed by atoms with van der Waals surface area (Å²) in [5, 5.41) is 3.81. The topological polar surface area (TPSA) is 46.9 Å². The van der Waals surface area contributed by atoms with Gasteiger partial charge in [-0.1, -0.05) is 36.0 Å². The third-order valence-electron chi connectivity index (χ3n) is 3.57. The van der Waals surface area contributed by atoms with Gasteiger partial charge < -0.3 is 9.88 Å². The summed E-state index contributed by atoms with van der Waals surface area (Å²) in [6.07, 6.45) is 0. The van der Waals surface area contributed by atoms with Gasteiger partial charge >= 0.3 is 0 Å². The molecule has 0 radical (unpaired) electrons. The van der Waals surface area contributed by atoms with Crippen LogP contribution in [0.3, 0.4) is 0 Å². The highest BCUT2D eigenvalue weighted by atomic mass is 32.2. The van der Waals surface area contributed by atoms with E-state index in [1.54, 1.807) is 0 Å². The minimum atomic E-state index is -0.0182. The highest BCUT2D eigenvalue weighted by molar-refractivity contribution is 7.99. The van der Waals surface area contributed by atoms with E-state index in [1.807, 2.05) is 49.4 Å². The molecular formula is C18H19N3OS. The Morgan fingerprint density at radius 1 is 1.22 bits per heavy atom. The average Bonchev–Trinajstić information content (AvgIpc) is 2.90. The van der Waals surface area contributed by atoms with Gasteiger partial charge in [-0.2, -0.15) is 0 Å². The second-order valence-corrected chi connectivity index (χ2v) is 6.28. The maximum atomic E-state index is 12.1. The van der Waals surface area contributed by atoms with Crippen LogP contribution in [0, 0.1) is 6.92 Å². The van der Waals surface area contributed by atoms with Crippen LogP contribution in [0.2, 0.25) is 0 Å². The first-order valence-electron chi connectivity index (χ1n) is 7.62. The van der Waals surface area contributed by atoms with Crippen molar-refractivity contribution in [3.8, 4) is 0 Å². The van der Waals surface area contributed by atoms with Gasteiger partial charge in [0.25, 0.3) is 0 Å². The lowest BCUT2D eigenvalue weighted by atomic mass is 10.2. The summed E-state index contributed by atoms with van der Waals surface area (Å²) in [4.78, 5) is 16.8. The third-order valence-corrected chi connectivity index (χ3v) is 4.55. The SMILES string of the molecule is CCn1c(SCC(=O)Nc2cccc(C)c2)nc2ccccc21. The molecule has 0 fully saturated rings. The van der Waals surface area contributed by atoms with Gasteiger partial charge in [0.15, 0.2) is 5.16 Å². The Labute approximate surface area is 139 Å². The number of thioether (sulfide) groups is 1. The highest BCUT2D eigenvalue weighted by Gasteiger charge is 2.11. The number of carbonyl (C=O) groups is 1. The molecule has 0 saturated heterocycles. The summed E-state index contributed by atoms with van der Waals surface area (Å²) in [5.74, 6) is 0.326. The van der Waals surface area contributed by atoms with E-state index in [0.717, 1.165) is 34.0 Å². The lowest BCUT2D eigenvalue weighted by molar-refractivity contribution is -0.113. The average molecular weight is 325 g/mol. The van der Waals surface area contributed by atoms with Gasteiger partial charge in [0.1, 0.15) is 0 Å². The van der Waals surface area contributed by atoms with Gasteiger partial charge in [0.2, 0.25) is 5.91 Å². The Bertz CT molecular complexity index is 841. The van der Waals surface area contributed by atoms with E-state index < -0.39 is 0 Å². The molecule has 0 unspecified atom stereocenters. The second kappa shape index (κ2) is 6.87. The Kier molecular flexibility index (Phi) is 4.67. The molecule has 118 valence electrons. The summed E-state index contributed by atoms with van der Waals surface area (Å²) in [6.45, 7) is 4.93. The normalized spacial score (nSPS) is 10.9. The smallest absolute Gasteiger partial charge is 0.234 e. The van der Waals surface area contributed by atoms with Crippen molar-refractivity contribution in [2.45, 2.75) is 25.5 Å². The molecule has 0 spiro atoms. The first-order valence-corrected chi connectivity index (χ1v) is 8.60. The number of nitrogens with zero attached hydrogens (tertiary/aromatic N) is 2. The predicted octanol–water partition coefficient (Wildman–Crippen LogP) is 4.10. The number of aryl methyl sites for hydroxylation is 2. The molecule has 3 aromatic rings. The second-order valence-electron chi connectivity index (χ2n) is 5.33. The van der Waals surface area contributed by atoms with Crippen LogP contribution in [0.25, 0.3) is 11.0 Å². The van der Waals surface area contributed by atoms with Gasteiger partial charge in [-0.15, -0.1) is 0 Å². The predicted molar refractivity (Wildman–Crippen MR) is 95.9 cm³/mol. The first kappa shape index (κ1) is 15.6. The molecule has 0 aliphatic carbocycles. The van der Waals surface area contributed by atoms with Crippen LogP contribution in [0.15, 0.2) is 53.7 Å². The molecule has 0 bridgehead atoms. The number of imidazole rings is 1. The largest absolute Gasteiger partial charge is 0.325 e. The van der Waals surface area contributed by atoms with Crippen molar-refractivity contribution in [1.82, 2.24) is 9.55 Å². The number of para-hydroxylation sites is 2. The summed E-state index contributed by atoms with van der Waals surface area (Å²) in [6, 6.07) is 15.9. The number of benzene rings is 2. The number of anilines is 1. The number of amides is 1. The van der Waals surface area contributed by atoms with Crippen molar-refractivity contribution in [3.63, 3.8) is 0 Å². The molecule has 2 aromatic carbocycles. The lowest BCUT2D eigenvalue weighted by Crippen LogP contribution is -2.14. The zero-order valence-corrected chi connectivity index (χ0v) is 14.1. The van der Waals surface area contributed by atoms with Crippen molar-refractivity contribution in [1.29, 1.82) is 0 Å². The third kappa shape index (κ3) is 3.56. The van der Waals surface area contributed by atoms with Crippen molar-refractivity contribution in [3.05, 3.63) is 54.1 Å². The van der Waals surface area contributed by atoms with Crippen LogP contribution in [0.1, 0.15) is 12.5 Å². The maximum absolute atomic E-state index is 12.1. The Hall–Kier alpha value is -2.27. The molecule has 0 aliphatic rings. The molecule has 1 N–H and O–H groups in total. The molecule has 1 aromatic heterocycles. The van der Waals surface area contributed by atoms with E-state index in [1.165, 1.54) is 11.8 Å². The van der Waals surface area contributed by atoms with Gasteiger partial charge in [-0.25, -0.2) is 4.98 Å². The number of hydrogen-bond acceptors (Lipinski definition) is 3. The van der Waals surface area contributed by atoms with Crippen molar-refractivity contribution in [2.24, 2.45) is 0 Å². The van der Waals surface area contributed by atoms with Crippen LogP contribution in [0.5, 0.6) is 0 Å². The first-order chi connectivity index (χ1) is 11.2. The molecule has 1 heterocycles. The number of nitrogens with one attached hydrogen (secondary N) is 1. The molecule has 4 nitrogen and oxygen atoms in total. The Morgan fingerprint density at radius 2 is 2.04 bits per heavy atom. The summed E-state index contributed by atoms with van der Waals surface area (Å²) in [5.41, 5.74) is 4.04. The van der Waals surface area contributed by atoms with Crippen LogP contribution in [0.4, 0.5) is 5.69 Å². The zero-order chi connectivity index (χ0) is 16.2. The Morgan fingerprint density at radius 3 is 2.83 bits per heavy atom. The number of hydrogen-bond donors (Lipinski definition) is 1. The molecule has 3 rings (SSSR count). The van der Waals surface area contributed by atoms with Crippen molar-refractivity contribution >= 4 is 34.4 Å². The Balaban J connectivity index is 1.69. The molecular weight excluding hydrogens is 306 g/mol. The van der Waals surface area contributed by atoms with E-state index >= 15 is 0 Å². The number of carbonyl (C=O) groups excluding carboxylic acids is 1.